The number of nitriles is 1. The first-order chi connectivity index (χ1) is 14.0. The van der Waals surface area contributed by atoms with Crippen LogP contribution in [-0.2, 0) is 4.79 Å². The van der Waals surface area contributed by atoms with Crippen molar-refractivity contribution in [3.63, 3.8) is 0 Å². The molecule has 2 aliphatic rings. The molecule has 0 N–H and O–H groups in total. The number of rotatable bonds is 3. The minimum absolute atomic E-state index is 0.0131. The van der Waals surface area contributed by atoms with Crippen molar-refractivity contribution >= 4 is 45.0 Å². The van der Waals surface area contributed by atoms with Gasteiger partial charge in [0.05, 0.1) is 34.1 Å². The molecule has 29 heavy (non-hydrogen) atoms. The number of hydrogen-bond donors (Lipinski definition) is 0. The van der Waals surface area contributed by atoms with Crippen molar-refractivity contribution in [3.8, 4) is 6.07 Å². The number of nitrogens with zero attached hydrogens (tertiary/aromatic N) is 4. The third-order valence-electron chi connectivity index (χ3n) is 4.99. The molecule has 1 amide bonds. The summed E-state index contributed by atoms with van der Waals surface area (Å²) >= 11 is 4.89. The van der Waals surface area contributed by atoms with Gasteiger partial charge in [-0.2, -0.15) is 5.26 Å². The predicted octanol–water partition coefficient (Wildman–Crippen LogP) is 4.58. The van der Waals surface area contributed by atoms with E-state index in [1.165, 1.54) is 23.9 Å². The molecule has 1 fully saturated rings. The number of halogens is 1. The highest BCUT2D eigenvalue weighted by Crippen LogP contribution is 2.43. The molecule has 0 radical (unpaired) electrons. The lowest BCUT2D eigenvalue weighted by Gasteiger charge is -2.42. The van der Waals surface area contributed by atoms with E-state index in [1.54, 1.807) is 17.0 Å². The summed E-state index contributed by atoms with van der Waals surface area (Å²) in [5, 5.41) is 21.4. The first-order valence-electron chi connectivity index (χ1n) is 8.80. The topological polar surface area (TPSA) is 90.5 Å². The quantitative estimate of drug-likeness (QED) is 0.481. The molecule has 0 saturated carbocycles. The molecule has 2 aromatic carbocycles. The van der Waals surface area contributed by atoms with Gasteiger partial charge in [0, 0.05) is 34.6 Å². The van der Waals surface area contributed by atoms with Crippen molar-refractivity contribution in [1.82, 2.24) is 4.90 Å². The Morgan fingerprint density at radius 2 is 1.86 bits per heavy atom. The second-order valence-corrected chi connectivity index (χ2v) is 8.54. The Hall–Kier alpha value is -2.83. The number of hydrogen-bond acceptors (Lipinski definition) is 6. The number of allylic oxidation sites excluding steroid dienone is 1. The Balaban J connectivity index is 1.63. The molecule has 2 heterocycles. The molecule has 1 atom stereocenters. The molecule has 146 valence electrons. The number of nitro groups is 1. The highest BCUT2D eigenvalue weighted by atomic mass is 79.9. The first-order valence-corrected chi connectivity index (χ1v) is 10.6. The molecule has 2 aliphatic heterocycles. The number of carbonyl (C=O) groups excluding carboxylic acids is 1. The minimum atomic E-state index is -0.463. The lowest BCUT2D eigenvalue weighted by Crippen LogP contribution is -2.47. The normalized spacial score (nSPS) is 19.0. The highest BCUT2D eigenvalue weighted by Gasteiger charge is 2.38. The SMILES string of the molecule is N#CC1=C2SCN(c3ccc(Br)cc3)CN2C(=O)C[C@H]1c1ccc([N+](=O)[O-])cc1. The number of fused-ring (bicyclic) bond motifs is 1. The number of amides is 1. The van der Waals surface area contributed by atoms with Crippen molar-refractivity contribution in [1.29, 1.82) is 5.26 Å². The van der Waals surface area contributed by atoms with E-state index in [4.69, 9.17) is 0 Å². The van der Waals surface area contributed by atoms with E-state index < -0.39 is 4.92 Å². The summed E-state index contributed by atoms with van der Waals surface area (Å²) in [6, 6.07) is 16.2. The van der Waals surface area contributed by atoms with Crippen molar-refractivity contribution in [2.45, 2.75) is 12.3 Å². The summed E-state index contributed by atoms with van der Waals surface area (Å²) in [4.78, 5) is 27.1. The molecule has 1 saturated heterocycles. The monoisotopic (exact) mass is 470 g/mol. The number of non-ortho nitro benzene ring substituents is 1. The first kappa shape index (κ1) is 19.5. The molecule has 0 aromatic heterocycles. The van der Waals surface area contributed by atoms with Crippen LogP contribution in [0.15, 0.2) is 63.6 Å². The molecular formula is C20H15BrN4O3S. The Labute approximate surface area is 179 Å². The van der Waals surface area contributed by atoms with E-state index in [0.29, 0.717) is 23.1 Å². The van der Waals surface area contributed by atoms with Gasteiger partial charge in [-0.25, -0.2) is 0 Å². The van der Waals surface area contributed by atoms with Crippen molar-refractivity contribution in [2.24, 2.45) is 0 Å². The summed E-state index contributed by atoms with van der Waals surface area (Å²) in [7, 11) is 0. The van der Waals surface area contributed by atoms with Crippen LogP contribution in [0.5, 0.6) is 0 Å². The van der Waals surface area contributed by atoms with Gasteiger partial charge < -0.3 is 4.90 Å². The van der Waals surface area contributed by atoms with Gasteiger partial charge in [-0.15, -0.1) is 0 Å². The second-order valence-electron chi connectivity index (χ2n) is 6.69. The van der Waals surface area contributed by atoms with Crippen LogP contribution in [0.3, 0.4) is 0 Å². The molecule has 0 bridgehead atoms. The summed E-state index contributed by atoms with van der Waals surface area (Å²) in [5.74, 6) is 0.182. The highest BCUT2D eigenvalue weighted by molar-refractivity contribution is 9.10. The standard InChI is InChI=1S/C20H15BrN4O3S/c21-14-3-7-15(8-4-14)23-11-24-19(26)9-17(18(10-22)20(24)29-12-23)13-1-5-16(6-2-13)25(27)28/h1-8,17H,9,11-12H2/t17-/m0/s1. The Kier molecular flexibility index (Phi) is 5.30. The van der Waals surface area contributed by atoms with E-state index in [0.717, 1.165) is 15.7 Å². The molecule has 0 spiro atoms. The van der Waals surface area contributed by atoms with Gasteiger partial charge in [-0.05, 0) is 29.8 Å². The molecule has 2 aromatic rings. The lowest BCUT2D eigenvalue weighted by molar-refractivity contribution is -0.384. The molecule has 0 unspecified atom stereocenters. The summed E-state index contributed by atoms with van der Waals surface area (Å²) in [6.45, 7) is 0.390. The van der Waals surface area contributed by atoms with Crippen LogP contribution in [0.25, 0.3) is 0 Å². The zero-order chi connectivity index (χ0) is 20.5. The van der Waals surface area contributed by atoms with Crippen LogP contribution < -0.4 is 4.90 Å². The van der Waals surface area contributed by atoms with Gasteiger partial charge in [0.1, 0.15) is 0 Å². The fraction of sp³-hybridized carbons (Fsp3) is 0.200. The van der Waals surface area contributed by atoms with Crippen LogP contribution in [-0.4, -0.2) is 28.3 Å². The van der Waals surface area contributed by atoms with Gasteiger partial charge in [0.15, 0.2) is 0 Å². The zero-order valence-electron chi connectivity index (χ0n) is 15.1. The number of anilines is 1. The van der Waals surface area contributed by atoms with Crippen LogP contribution in [0.4, 0.5) is 11.4 Å². The van der Waals surface area contributed by atoms with E-state index >= 15 is 0 Å². The van der Waals surface area contributed by atoms with Gasteiger partial charge in [-0.1, -0.05) is 39.8 Å². The molecule has 4 rings (SSSR count). The Morgan fingerprint density at radius 1 is 1.17 bits per heavy atom. The molecule has 0 aliphatic carbocycles. The molecular weight excluding hydrogens is 456 g/mol. The van der Waals surface area contributed by atoms with Crippen molar-refractivity contribution in [2.75, 3.05) is 17.4 Å². The van der Waals surface area contributed by atoms with Crippen LogP contribution >= 0.6 is 27.7 Å². The number of nitro benzene ring substituents is 1. The smallest absolute Gasteiger partial charge is 0.269 e. The molecule has 9 heteroatoms. The second kappa shape index (κ2) is 7.89. The van der Waals surface area contributed by atoms with Gasteiger partial charge in [0.25, 0.3) is 5.69 Å². The third-order valence-corrected chi connectivity index (χ3v) is 6.67. The number of thioether (sulfide) groups is 1. The van der Waals surface area contributed by atoms with Gasteiger partial charge in [-0.3, -0.25) is 19.8 Å². The third kappa shape index (κ3) is 3.73. The summed E-state index contributed by atoms with van der Waals surface area (Å²) in [5.41, 5.74) is 2.27. The van der Waals surface area contributed by atoms with E-state index in [1.807, 2.05) is 24.3 Å². The Morgan fingerprint density at radius 3 is 2.48 bits per heavy atom. The van der Waals surface area contributed by atoms with Crippen LogP contribution in [0.2, 0.25) is 0 Å². The fourth-order valence-corrected chi connectivity index (χ4v) is 4.92. The zero-order valence-corrected chi connectivity index (χ0v) is 17.5. The average molecular weight is 471 g/mol. The predicted molar refractivity (Wildman–Crippen MR) is 114 cm³/mol. The van der Waals surface area contributed by atoms with Crippen molar-refractivity contribution < 1.29 is 9.72 Å². The maximum Gasteiger partial charge on any atom is 0.269 e. The van der Waals surface area contributed by atoms with E-state index in [-0.39, 0.29) is 23.9 Å². The van der Waals surface area contributed by atoms with Crippen LogP contribution in [0.1, 0.15) is 17.9 Å². The van der Waals surface area contributed by atoms with Gasteiger partial charge >= 0.3 is 0 Å². The Bertz CT molecular complexity index is 1050. The fourth-order valence-electron chi connectivity index (χ4n) is 3.49. The number of carbonyl (C=O) groups is 1. The van der Waals surface area contributed by atoms with Crippen LogP contribution in [0, 0.1) is 21.4 Å². The van der Waals surface area contributed by atoms with E-state index in [2.05, 4.69) is 26.9 Å². The molecule has 7 nitrogen and oxygen atoms in total. The lowest BCUT2D eigenvalue weighted by atomic mass is 9.86. The maximum absolute atomic E-state index is 12.9. The minimum Gasteiger partial charge on any atom is -0.344 e. The number of benzene rings is 2. The summed E-state index contributed by atoms with van der Waals surface area (Å²) < 4.78 is 0.984. The van der Waals surface area contributed by atoms with E-state index in [9.17, 15) is 20.2 Å². The average Bonchev–Trinajstić information content (AvgIpc) is 2.74. The van der Waals surface area contributed by atoms with Crippen molar-refractivity contribution in [3.05, 3.63) is 79.3 Å². The summed E-state index contributed by atoms with van der Waals surface area (Å²) in [6.07, 6.45) is 0.166. The maximum atomic E-state index is 12.9. The largest absolute Gasteiger partial charge is 0.344 e. The van der Waals surface area contributed by atoms with Gasteiger partial charge in [0.2, 0.25) is 5.91 Å².